The Bertz CT molecular complexity index is 766. The molecule has 0 saturated carbocycles. The summed E-state index contributed by atoms with van der Waals surface area (Å²) in [6, 6.07) is 3.96. The molecule has 140 valence electrons. The third-order valence-electron chi connectivity index (χ3n) is 4.97. The Morgan fingerprint density at radius 1 is 1.19 bits per heavy atom. The molecule has 1 saturated heterocycles. The highest BCUT2D eigenvalue weighted by molar-refractivity contribution is 5.90. The predicted molar refractivity (Wildman–Crippen MR) is 90.7 cm³/mol. The zero-order valence-corrected chi connectivity index (χ0v) is 15.0. The first-order chi connectivity index (χ1) is 12.0. The number of alkyl halides is 3. The molecule has 0 bridgehead atoms. The number of nitriles is 1. The number of piperidine rings is 1. The quantitative estimate of drug-likeness (QED) is 0.750. The topological polar surface area (TPSA) is 61.5 Å². The Morgan fingerprint density at radius 3 is 2.35 bits per heavy atom. The molecule has 2 aliphatic heterocycles. The monoisotopic (exact) mass is 366 g/mol. The van der Waals surface area contributed by atoms with E-state index in [1.165, 1.54) is 6.07 Å². The highest BCUT2D eigenvalue weighted by Gasteiger charge is 2.45. The van der Waals surface area contributed by atoms with Crippen LogP contribution < -0.4 is 4.90 Å². The molecule has 1 spiro atoms. The van der Waals surface area contributed by atoms with Gasteiger partial charge in [0, 0.05) is 37.8 Å². The van der Waals surface area contributed by atoms with Gasteiger partial charge in [0.15, 0.2) is 0 Å². The minimum Gasteiger partial charge on any atom is -0.389 e. The molecule has 2 aliphatic rings. The number of aromatic nitrogens is 1. The van der Waals surface area contributed by atoms with Crippen LogP contribution in [0.3, 0.4) is 0 Å². The van der Waals surface area contributed by atoms with E-state index in [0.717, 1.165) is 18.2 Å². The normalized spacial score (nSPS) is 19.9. The standard InChI is InChI=1S/C18H21F3N4O/c1-16(2,3)14-10-17(26-24-14)6-8-25(9-7-17)15-12(11-22)4-5-13(23-15)18(19,20)21/h4-5H,6-10H2,1-3H3. The van der Waals surface area contributed by atoms with Crippen LogP contribution in [0.5, 0.6) is 0 Å². The van der Waals surface area contributed by atoms with Crippen LogP contribution in [0.15, 0.2) is 17.3 Å². The molecule has 0 radical (unpaired) electrons. The van der Waals surface area contributed by atoms with Crippen molar-refractivity contribution in [2.24, 2.45) is 10.6 Å². The number of halogens is 3. The minimum absolute atomic E-state index is 0.0722. The average Bonchev–Trinajstić information content (AvgIpc) is 2.98. The Hall–Kier alpha value is -2.30. The van der Waals surface area contributed by atoms with Crippen molar-refractivity contribution in [3.8, 4) is 6.07 Å². The molecule has 0 N–H and O–H groups in total. The first kappa shape index (κ1) is 18.5. The van der Waals surface area contributed by atoms with Gasteiger partial charge in [-0.3, -0.25) is 0 Å². The fourth-order valence-electron chi connectivity index (χ4n) is 3.25. The van der Waals surface area contributed by atoms with Crippen molar-refractivity contribution >= 4 is 11.5 Å². The zero-order valence-electron chi connectivity index (χ0n) is 15.0. The summed E-state index contributed by atoms with van der Waals surface area (Å²) >= 11 is 0. The summed E-state index contributed by atoms with van der Waals surface area (Å²) in [5.41, 5.74) is -0.305. The molecule has 3 rings (SSSR count). The zero-order chi connectivity index (χ0) is 19.2. The third kappa shape index (κ3) is 3.48. The molecule has 5 nitrogen and oxygen atoms in total. The van der Waals surface area contributed by atoms with E-state index in [1.807, 2.05) is 6.07 Å². The van der Waals surface area contributed by atoms with Gasteiger partial charge in [-0.05, 0) is 12.1 Å². The molecule has 0 amide bonds. The van der Waals surface area contributed by atoms with Gasteiger partial charge in [-0.1, -0.05) is 25.9 Å². The third-order valence-corrected chi connectivity index (χ3v) is 4.97. The van der Waals surface area contributed by atoms with Gasteiger partial charge in [0.1, 0.15) is 23.2 Å². The fourth-order valence-corrected chi connectivity index (χ4v) is 3.25. The highest BCUT2D eigenvalue weighted by Crippen LogP contribution is 2.40. The van der Waals surface area contributed by atoms with Gasteiger partial charge in [0.25, 0.3) is 0 Å². The predicted octanol–water partition coefficient (Wildman–Crippen LogP) is 4.13. The molecule has 0 unspecified atom stereocenters. The summed E-state index contributed by atoms with van der Waals surface area (Å²) in [6.07, 6.45) is -2.56. The van der Waals surface area contributed by atoms with Crippen LogP contribution >= 0.6 is 0 Å². The van der Waals surface area contributed by atoms with E-state index in [2.05, 4.69) is 30.9 Å². The van der Waals surface area contributed by atoms with Gasteiger partial charge in [-0.15, -0.1) is 0 Å². The number of nitrogens with zero attached hydrogens (tertiary/aromatic N) is 4. The molecular formula is C18H21F3N4O. The number of hydrogen-bond donors (Lipinski definition) is 0. The van der Waals surface area contributed by atoms with Gasteiger partial charge in [0.2, 0.25) is 0 Å². The average molecular weight is 366 g/mol. The van der Waals surface area contributed by atoms with E-state index >= 15 is 0 Å². The van der Waals surface area contributed by atoms with E-state index in [4.69, 9.17) is 4.84 Å². The lowest BCUT2D eigenvalue weighted by Crippen LogP contribution is -2.45. The summed E-state index contributed by atoms with van der Waals surface area (Å²) in [5, 5.41) is 13.5. The SMILES string of the molecule is CC(C)(C)C1=NOC2(CCN(c3nc(C(F)(F)F)ccc3C#N)CC2)C1. The maximum Gasteiger partial charge on any atom is 0.433 e. The Kier molecular flexibility index (Phi) is 4.37. The molecule has 1 aromatic rings. The van der Waals surface area contributed by atoms with Crippen molar-refractivity contribution in [3.05, 3.63) is 23.4 Å². The largest absolute Gasteiger partial charge is 0.433 e. The number of oxime groups is 1. The minimum atomic E-state index is -4.54. The van der Waals surface area contributed by atoms with E-state index in [0.29, 0.717) is 25.9 Å². The number of hydrogen-bond acceptors (Lipinski definition) is 5. The van der Waals surface area contributed by atoms with E-state index in [-0.39, 0.29) is 16.8 Å². The van der Waals surface area contributed by atoms with Crippen LogP contribution in [0, 0.1) is 16.7 Å². The lowest BCUT2D eigenvalue weighted by atomic mass is 9.79. The number of pyridine rings is 1. The fraction of sp³-hybridized carbons (Fsp3) is 0.611. The van der Waals surface area contributed by atoms with Crippen molar-refractivity contribution in [1.82, 2.24) is 4.98 Å². The second kappa shape index (κ2) is 6.15. The van der Waals surface area contributed by atoms with Crippen molar-refractivity contribution in [1.29, 1.82) is 5.26 Å². The molecule has 1 fully saturated rings. The van der Waals surface area contributed by atoms with Crippen LogP contribution in [0.2, 0.25) is 0 Å². The van der Waals surface area contributed by atoms with Crippen molar-refractivity contribution in [2.45, 2.75) is 51.8 Å². The van der Waals surface area contributed by atoms with Crippen molar-refractivity contribution < 1.29 is 18.0 Å². The molecule has 8 heteroatoms. The molecular weight excluding hydrogens is 345 g/mol. The highest BCUT2D eigenvalue weighted by atomic mass is 19.4. The number of rotatable bonds is 1. The molecule has 26 heavy (non-hydrogen) atoms. The van der Waals surface area contributed by atoms with E-state index in [9.17, 15) is 18.4 Å². The Balaban J connectivity index is 1.76. The van der Waals surface area contributed by atoms with Crippen LogP contribution in [0.4, 0.5) is 19.0 Å². The summed E-state index contributed by atoms with van der Waals surface area (Å²) in [6.45, 7) is 7.17. The Morgan fingerprint density at radius 2 is 1.85 bits per heavy atom. The first-order valence-corrected chi connectivity index (χ1v) is 8.53. The lowest BCUT2D eigenvalue weighted by molar-refractivity contribution is -0.141. The molecule has 0 atom stereocenters. The molecule has 0 aliphatic carbocycles. The molecule has 3 heterocycles. The number of anilines is 1. The van der Waals surface area contributed by atoms with Crippen LogP contribution in [0.1, 0.15) is 51.3 Å². The summed E-state index contributed by atoms with van der Waals surface area (Å²) in [4.78, 5) is 11.2. The summed E-state index contributed by atoms with van der Waals surface area (Å²) in [7, 11) is 0. The van der Waals surface area contributed by atoms with Crippen LogP contribution in [-0.4, -0.2) is 29.4 Å². The maximum absolute atomic E-state index is 13.0. The molecule has 0 aromatic carbocycles. The van der Waals surface area contributed by atoms with Gasteiger partial charge in [-0.25, -0.2) is 4.98 Å². The summed E-state index contributed by atoms with van der Waals surface area (Å²) < 4.78 is 38.9. The van der Waals surface area contributed by atoms with E-state index < -0.39 is 17.5 Å². The smallest absolute Gasteiger partial charge is 0.389 e. The molecule has 1 aromatic heterocycles. The van der Waals surface area contributed by atoms with Crippen LogP contribution in [0.25, 0.3) is 0 Å². The van der Waals surface area contributed by atoms with Gasteiger partial charge in [-0.2, -0.15) is 18.4 Å². The Labute approximate surface area is 150 Å². The van der Waals surface area contributed by atoms with Gasteiger partial charge >= 0.3 is 6.18 Å². The van der Waals surface area contributed by atoms with Crippen molar-refractivity contribution in [3.63, 3.8) is 0 Å². The first-order valence-electron chi connectivity index (χ1n) is 8.53. The second-order valence-corrected chi connectivity index (χ2v) is 7.90. The lowest BCUT2D eigenvalue weighted by Gasteiger charge is -2.38. The second-order valence-electron chi connectivity index (χ2n) is 7.90. The van der Waals surface area contributed by atoms with Gasteiger partial charge in [0.05, 0.1) is 11.3 Å². The van der Waals surface area contributed by atoms with E-state index in [1.54, 1.807) is 4.90 Å². The maximum atomic E-state index is 13.0. The summed E-state index contributed by atoms with van der Waals surface area (Å²) in [5.74, 6) is 0.0899. The van der Waals surface area contributed by atoms with Crippen molar-refractivity contribution in [2.75, 3.05) is 18.0 Å². The van der Waals surface area contributed by atoms with Crippen LogP contribution in [-0.2, 0) is 11.0 Å². The van der Waals surface area contributed by atoms with Gasteiger partial charge < -0.3 is 9.74 Å².